The molecule has 107 valence electrons. The highest BCUT2D eigenvalue weighted by molar-refractivity contribution is 6.56. The second kappa shape index (κ2) is 6.25. The minimum Gasteiger partial charge on any atom is -0.286 e. The molecule has 1 aromatic rings. The minimum atomic E-state index is -0.430. The zero-order valence-corrected chi connectivity index (χ0v) is 12.8. The number of carbonyl (C=O) groups excluding carboxylic acids is 2. The SMILES string of the molecule is CC(CC(C)(C)[B]c1ccccc1)C1=CC(=O)C(=O)C=C1. The van der Waals surface area contributed by atoms with Crippen LogP contribution in [-0.2, 0) is 9.59 Å². The summed E-state index contributed by atoms with van der Waals surface area (Å²) in [6, 6.07) is 10.3. The Balaban J connectivity index is 2.03. The van der Waals surface area contributed by atoms with E-state index < -0.39 is 11.6 Å². The van der Waals surface area contributed by atoms with Gasteiger partial charge in [0.1, 0.15) is 0 Å². The summed E-state index contributed by atoms with van der Waals surface area (Å²) in [5.41, 5.74) is 2.14. The summed E-state index contributed by atoms with van der Waals surface area (Å²) in [5, 5.41) is 0.0138. The topological polar surface area (TPSA) is 34.1 Å². The van der Waals surface area contributed by atoms with Crippen molar-refractivity contribution in [1.29, 1.82) is 0 Å². The van der Waals surface area contributed by atoms with Gasteiger partial charge in [0.05, 0.1) is 0 Å². The molecule has 0 heterocycles. The summed E-state index contributed by atoms with van der Waals surface area (Å²) in [6.45, 7) is 6.48. The monoisotopic (exact) mass is 279 g/mol. The Morgan fingerprint density at radius 2 is 1.71 bits per heavy atom. The van der Waals surface area contributed by atoms with Crippen LogP contribution >= 0.6 is 0 Å². The van der Waals surface area contributed by atoms with Crippen LogP contribution in [0.15, 0.2) is 54.1 Å². The molecule has 3 heteroatoms. The number of allylic oxidation sites excluding steroid dienone is 4. The second-order valence-corrected chi connectivity index (χ2v) is 6.35. The molecule has 0 spiro atoms. The standard InChI is InChI=1S/C18H20BO2/c1-13(14-9-10-16(20)17(21)11-14)12-18(2,3)19-15-7-5-4-6-8-15/h4-11,13H,12H2,1-3H3. The van der Waals surface area contributed by atoms with Crippen molar-refractivity contribution in [3.05, 3.63) is 54.1 Å². The van der Waals surface area contributed by atoms with Gasteiger partial charge < -0.3 is 0 Å². The van der Waals surface area contributed by atoms with Crippen molar-refractivity contribution >= 4 is 24.3 Å². The fraction of sp³-hybridized carbons (Fsp3) is 0.333. The number of hydrogen-bond donors (Lipinski definition) is 0. The highest BCUT2D eigenvalue weighted by atomic mass is 16.2. The lowest BCUT2D eigenvalue weighted by molar-refractivity contribution is -0.131. The molecule has 2 nitrogen and oxygen atoms in total. The first-order valence-electron chi connectivity index (χ1n) is 7.26. The van der Waals surface area contributed by atoms with Gasteiger partial charge in [-0.05, 0) is 30.1 Å². The summed E-state index contributed by atoms with van der Waals surface area (Å²) in [5.74, 6) is -0.612. The van der Waals surface area contributed by atoms with Crippen molar-refractivity contribution in [3.8, 4) is 0 Å². The van der Waals surface area contributed by atoms with Gasteiger partial charge >= 0.3 is 0 Å². The maximum atomic E-state index is 11.5. The molecule has 1 unspecified atom stereocenters. The molecule has 0 aliphatic heterocycles. The van der Waals surface area contributed by atoms with Crippen molar-refractivity contribution in [3.63, 3.8) is 0 Å². The first-order valence-corrected chi connectivity index (χ1v) is 7.26. The molecule has 0 amide bonds. The van der Waals surface area contributed by atoms with Crippen LogP contribution in [0.3, 0.4) is 0 Å². The van der Waals surface area contributed by atoms with Crippen LogP contribution in [0.4, 0.5) is 0 Å². The largest absolute Gasteiger partial charge is 0.286 e. The lowest BCUT2D eigenvalue weighted by Crippen LogP contribution is -2.27. The van der Waals surface area contributed by atoms with Crippen LogP contribution in [-0.4, -0.2) is 18.8 Å². The highest BCUT2D eigenvalue weighted by Crippen LogP contribution is 2.35. The van der Waals surface area contributed by atoms with Crippen LogP contribution in [0.2, 0.25) is 5.31 Å². The lowest BCUT2D eigenvalue weighted by Gasteiger charge is -2.28. The van der Waals surface area contributed by atoms with Crippen molar-refractivity contribution in [1.82, 2.24) is 0 Å². The number of rotatable bonds is 5. The van der Waals surface area contributed by atoms with E-state index in [1.165, 1.54) is 17.6 Å². The van der Waals surface area contributed by atoms with E-state index >= 15 is 0 Å². The zero-order valence-electron chi connectivity index (χ0n) is 12.8. The van der Waals surface area contributed by atoms with E-state index in [1.807, 2.05) is 18.2 Å². The summed E-state index contributed by atoms with van der Waals surface area (Å²) in [7, 11) is 2.25. The molecular formula is C18H20BO2. The summed E-state index contributed by atoms with van der Waals surface area (Å²) in [6.07, 6.45) is 5.54. The van der Waals surface area contributed by atoms with E-state index in [2.05, 4.69) is 40.2 Å². The molecule has 0 saturated carbocycles. The predicted molar refractivity (Wildman–Crippen MR) is 86.9 cm³/mol. The molecule has 0 aromatic heterocycles. The fourth-order valence-electron chi connectivity index (χ4n) is 2.80. The molecule has 1 aliphatic carbocycles. The van der Waals surface area contributed by atoms with Crippen LogP contribution in [0.25, 0.3) is 0 Å². The maximum absolute atomic E-state index is 11.5. The Labute approximate surface area is 127 Å². The van der Waals surface area contributed by atoms with Gasteiger partial charge in [-0.2, -0.15) is 0 Å². The van der Waals surface area contributed by atoms with E-state index in [0.29, 0.717) is 0 Å². The van der Waals surface area contributed by atoms with Crippen molar-refractivity contribution < 1.29 is 9.59 Å². The minimum absolute atomic E-state index is 0.0138. The van der Waals surface area contributed by atoms with Crippen LogP contribution in [0.1, 0.15) is 27.2 Å². The molecular weight excluding hydrogens is 259 g/mol. The molecule has 0 bridgehead atoms. The molecule has 1 aliphatic rings. The van der Waals surface area contributed by atoms with E-state index in [-0.39, 0.29) is 11.2 Å². The quantitative estimate of drug-likeness (QED) is 0.472. The van der Waals surface area contributed by atoms with E-state index in [9.17, 15) is 9.59 Å². The van der Waals surface area contributed by atoms with Gasteiger partial charge in [-0.1, -0.05) is 68.0 Å². The van der Waals surface area contributed by atoms with Gasteiger partial charge in [0.25, 0.3) is 0 Å². The summed E-state index contributed by atoms with van der Waals surface area (Å²) < 4.78 is 0. The third-order valence-corrected chi connectivity index (χ3v) is 3.73. The van der Waals surface area contributed by atoms with Crippen molar-refractivity contribution in [2.45, 2.75) is 32.5 Å². The molecule has 0 saturated heterocycles. The number of benzene rings is 1. The first kappa shape index (κ1) is 15.5. The van der Waals surface area contributed by atoms with Gasteiger partial charge in [-0.3, -0.25) is 9.59 Å². The van der Waals surface area contributed by atoms with Crippen LogP contribution in [0.5, 0.6) is 0 Å². The van der Waals surface area contributed by atoms with Crippen LogP contribution < -0.4 is 5.46 Å². The van der Waals surface area contributed by atoms with E-state index in [4.69, 9.17) is 0 Å². The highest BCUT2D eigenvalue weighted by Gasteiger charge is 2.25. The zero-order chi connectivity index (χ0) is 15.5. The summed E-state index contributed by atoms with van der Waals surface area (Å²) in [4.78, 5) is 22.7. The molecule has 1 atom stereocenters. The van der Waals surface area contributed by atoms with Crippen molar-refractivity contribution in [2.24, 2.45) is 5.92 Å². The smallest absolute Gasteiger partial charge is 0.225 e. The van der Waals surface area contributed by atoms with Crippen molar-refractivity contribution in [2.75, 3.05) is 0 Å². The van der Waals surface area contributed by atoms with Gasteiger partial charge in [-0.25, -0.2) is 0 Å². The Bertz CT molecular complexity index is 597. The molecule has 0 N–H and O–H groups in total. The molecule has 21 heavy (non-hydrogen) atoms. The average Bonchev–Trinajstić information content (AvgIpc) is 2.41. The summed E-state index contributed by atoms with van der Waals surface area (Å²) >= 11 is 0. The van der Waals surface area contributed by atoms with Gasteiger partial charge in [-0.15, -0.1) is 0 Å². The predicted octanol–water partition coefficient (Wildman–Crippen LogP) is 2.88. The number of ketones is 2. The second-order valence-electron chi connectivity index (χ2n) is 6.35. The van der Waals surface area contributed by atoms with E-state index in [1.54, 1.807) is 6.08 Å². The Hall–Kier alpha value is -1.90. The third-order valence-electron chi connectivity index (χ3n) is 3.73. The average molecular weight is 279 g/mol. The normalized spacial score (nSPS) is 16.6. The number of hydrogen-bond acceptors (Lipinski definition) is 2. The van der Waals surface area contributed by atoms with Crippen LogP contribution in [0, 0.1) is 5.92 Å². The number of carbonyl (C=O) groups is 2. The Morgan fingerprint density at radius 3 is 2.33 bits per heavy atom. The molecule has 2 rings (SSSR count). The molecule has 1 radical (unpaired) electrons. The maximum Gasteiger partial charge on any atom is 0.225 e. The van der Waals surface area contributed by atoms with Gasteiger partial charge in [0, 0.05) is 0 Å². The molecule has 1 aromatic carbocycles. The Morgan fingerprint density at radius 1 is 1.05 bits per heavy atom. The lowest BCUT2D eigenvalue weighted by atomic mass is 9.48. The first-order chi connectivity index (χ1) is 9.87. The van der Waals surface area contributed by atoms with Gasteiger partial charge in [0.15, 0.2) is 7.28 Å². The third kappa shape index (κ3) is 4.28. The molecule has 0 fully saturated rings. The Kier molecular flexibility index (Phi) is 4.61. The fourth-order valence-corrected chi connectivity index (χ4v) is 2.80. The van der Waals surface area contributed by atoms with Gasteiger partial charge in [0.2, 0.25) is 11.6 Å². The van der Waals surface area contributed by atoms with E-state index in [0.717, 1.165) is 12.0 Å².